The Bertz CT molecular complexity index is 1480. The molecular formula is C23H12BrNO2. The number of aromatic nitrogens is 1. The van der Waals surface area contributed by atoms with Gasteiger partial charge < -0.3 is 8.83 Å². The van der Waals surface area contributed by atoms with Crippen LogP contribution in [0.3, 0.4) is 0 Å². The highest BCUT2D eigenvalue weighted by molar-refractivity contribution is 9.10. The lowest BCUT2D eigenvalue weighted by Gasteiger charge is -2.00. The average molecular weight is 414 g/mol. The maximum Gasteiger partial charge on any atom is 0.227 e. The lowest BCUT2D eigenvalue weighted by molar-refractivity contribution is 0.619. The number of halogens is 1. The van der Waals surface area contributed by atoms with Crippen LogP contribution in [0, 0.1) is 0 Å². The number of hydrogen-bond donors (Lipinski definition) is 0. The van der Waals surface area contributed by atoms with Gasteiger partial charge in [0.05, 0.1) is 5.39 Å². The molecule has 4 aromatic carbocycles. The molecule has 2 aromatic heterocycles. The smallest absolute Gasteiger partial charge is 0.227 e. The van der Waals surface area contributed by atoms with E-state index in [0.29, 0.717) is 5.89 Å². The fraction of sp³-hybridized carbons (Fsp3) is 0. The summed E-state index contributed by atoms with van der Waals surface area (Å²) in [7, 11) is 0. The molecule has 0 unspecified atom stereocenters. The van der Waals surface area contributed by atoms with E-state index in [-0.39, 0.29) is 0 Å². The van der Waals surface area contributed by atoms with E-state index in [1.807, 2.05) is 48.5 Å². The standard InChI is InChI=1S/C23H12BrNO2/c24-15-8-6-13-7-9-17-20(16(13)12-15)21-18(26-17)10-11-19-22(21)25-23(27-19)14-4-2-1-3-5-14/h1-12H. The van der Waals surface area contributed by atoms with Gasteiger partial charge >= 0.3 is 0 Å². The summed E-state index contributed by atoms with van der Waals surface area (Å²) in [5.41, 5.74) is 4.22. The number of furan rings is 1. The third-order valence-corrected chi connectivity index (χ3v) is 5.45. The van der Waals surface area contributed by atoms with E-state index in [2.05, 4.69) is 40.2 Å². The Hall–Kier alpha value is -3.11. The van der Waals surface area contributed by atoms with E-state index in [9.17, 15) is 0 Å². The van der Waals surface area contributed by atoms with Gasteiger partial charge in [-0.1, -0.05) is 46.3 Å². The zero-order valence-electron chi connectivity index (χ0n) is 14.1. The van der Waals surface area contributed by atoms with Gasteiger partial charge in [0.25, 0.3) is 0 Å². The molecule has 0 spiro atoms. The molecule has 0 aliphatic carbocycles. The van der Waals surface area contributed by atoms with Crippen molar-refractivity contribution in [2.24, 2.45) is 0 Å². The fourth-order valence-corrected chi connectivity index (χ4v) is 4.10. The zero-order valence-corrected chi connectivity index (χ0v) is 15.7. The summed E-state index contributed by atoms with van der Waals surface area (Å²) < 4.78 is 13.2. The van der Waals surface area contributed by atoms with Gasteiger partial charge in [0.1, 0.15) is 16.7 Å². The molecule has 0 bridgehead atoms. The number of oxazole rings is 1. The number of fused-ring (bicyclic) bond motifs is 7. The topological polar surface area (TPSA) is 39.2 Å². The van der Waals surface area contributed by atoms with Crippen molar-refractivity contribution in [3.8, 4) is 11.5 Å². The highest BCUT2D eigenvalue weighted by atomic mass is 79.9. The van der Waals surface area contributed by atoms with Crippen LogP contribution in [0.25, 0.3) is 55.3 Å². The van der Waals surface area contributed by atoms with Crippen molar-refractivity contribution >= 4 is 59.7 Å². The minimum atomic E-state index is 0.619. The summed E-state index contributed by atoms with van der Waals surface area (Å²) in [4.78, 5) is 4.82. The van der Waals surface area contributed by atoms with Crippen LogP contribution in [-0.2, 0) is 0 Å². The summed E-state index contributed by atoms with van der Waals surface area (Å²) in [5.74, 6) is 0.619. The lowest BCUT2D eigenvalue weighted by atomic mass is 10.0. The molecule has 27 heavy (non-hydrogen) atoms. The first kappa shape index (κ1) is 15.0. The average Bonchev–Trinajstić information content (AvgIpc) is 3.29. The largest absolute Gasteiger partial charge is 0.456 e. The van der Waals surface area contributed by atoms with Gasteiger partial charge in [-0.3, -0.25) is 0 Å². The Labute approximate surface area is 162 Å². The van der Waals surface area contributed by atoms with Crippen LogP contribution >= 0.6 is 15.9 Å². The number of benzene rings is 4. The summed E-state index contributed by atoms with van der Waals surface area (Å²) in [6, 6.07) is 24.2. The van der Waals surface area contributed by atoms with Gasteiger partial charge in [-0.05, 0) is 53.2 Å². The van der Waals surface area contributed by atoms with Crippen molar-refractivity contribution in [2.45, 2.75) is 0 Å². The molecule has 0 aliphatic heterocycles. The molecule has 0 N–H and O–H groups in total. The highest BCUT2D eigenvalue weighted by Gasteiger charge is 2.18. The maximum atomic E-state index is 6.13. The molecule has 6 aromatic rings. The maximum absolute atomic E-state index is 6.13. The predicted octanol–water partition coefficient (Wildman–Crippen LogP) is 7.31. The van der Waals surface area contributed by atoms with Crippen molar-refractivity contribution in [1.29, 1.82) is 0 Å². The molecule has 128 valence electrons. The van der Waals surface area contributed by atoms with E-state index in [1.54, 1.807) is 0 Å². The normalized spacial score (nSPS) is 11.9. The Morgan fingerprint density at radius 2 is 1.44 bits per heavy atom. The molecule has 0 amide bonds. The second-order valence-electron chi connectivity index (χ2n) is 6.58. The third kappa shape index (κ3) is 2.17. The van der Waals surface area contributed by atoms with Crippen LogP contribution in [0.2, 0.25) is 0 Å². The minimum absolute atomic E-state index is 0.619. The Morgan fingerprint density at radius 3 is 2.33 bits per heavy atom. The van der Waals surface area contributed by atoms with E-state index in [0.717, 1.165) is 53.8 Å². The van der Waals surface area contributed by atoms with Crippen LogP contribution < -0.4 is 0 Å². The molecule has 0 saturated carbocycles. The van der Waals surface area contributed by atoms with Crippen LogP contribution in [-0.4, -0.2) is 4.98 Å². The van der Waals surface area contributed by atoms with E-state index >= 15 is 0 Å². The van der Waals surface area contributed by atoms with Gasteiger partial charge in [0.2, 0.25) is 5.89 Å². The molecule has 0 saturated heterocycles. The molecule has 0 fully saturated rings. The third-order valence-electron chi connectivity index (χ3n) is 4.96. The van der Waals surface area contributed by atoms with Gasteiger partial charge in [-0.15, -0.1) is 0 Å². The van der Waals surface area contributed by atoms with Crippen LogP contribution in [0.1, 0.15) is 0 Å². The number of nitrogens with zero attached hydrogens (tertiary/aromatic N) is 1. The first-order chi connectivity index (χ1) is 13.3. The van der Waals surface area contributed by atoms with E-state index in [4.69, 9.17) is 13.8 Å². The van der Waals surface area contributed by atoms with E-state index in [1.165, 1.54) is 0 Å². The van der Waals surface area contributed by atoms with Crippen LogP contribution in [0.5, 0.6) is 0 Å². The lowest BCUT2D eigenvalue weighted by Crippen LogP contribution is -1.78. The summed E-state index contributed by atoms with van der Waals surface area (Å²) in [6.45, 7) is 0. The summed E-state index contributed by atoms with van der Waals surface area (Å²) >= 11 is 3.59. The molecule has 3 nitrogen and oxygen atoms in total. The van der Waals surface area contributed by atoms with Crippen LogP contribution in [0.15, 0.2) is 86.1 Å². The molecular weight excluding hydrogens is 402 g/mol. The number of rotatable bonds is 1. The molecule has 4 heteroatoms. The summed E-state index contributed by atoms with van der Waals surface area (Å²) in [6.07, 6.45) is 0. The Morgan fingerprint density at radius 1 is 0.704 bits per heavy atom. The fourth-order valence-electron chi connectivity index (χ4n) is 3.74. The SMILES string of the molecule is Brc1ccc2ccc3oc4ccc5oc(-c6ccccc6)nc5c4c3c2c1. The second kappa shape index (κ2) is 5.44. The highest BCUT2D eigenvalue weighted by Crippen LogP contribution is 2.40. The van der Waals surface area contributed by atoms with Crippen molar-refractivity contribution in [3.05, 3.63) is 77.3 Å². The first-order valence-electron chi connectivity index (χ1n) is 8.67. The van der Waals surface area contributed by atoms with Crippen molar-refractivity contribution in [2.75, 3.05) is 0 Å². The Balaban J connectivity index is 1.79. The van der Waals surface area contributed by atoms with Gasteiger partial charge in [0, 0.05) is 15.4 Å². The monoisotopic (exact) mass is 413 g/mol. The van der Waals surface area contributed by atoms with Crippen molar-refractivity contribution in [1.82, 2.24) is 4.98 Å². The molecule has 0 radical (unpaired) electrons. The quantitative estimate of drug-likeness (QED) is 0.283. The van der Waals surface area contributed by atoms with Gasteiger partial charge in [-0.25, -0.2) is 4.98 Å². The predicted molar refractivity (Wildman–Crippen MR) is 112 cm³/mol. The molecule has 2 heterocycles. The summed E-state index contributed by atoms with van der Waals surface area (Å²) in [5, 5.41) is 4.37. The minimum Gasteiger partial charge on any atom is -0.456 e. The van der Waals surface area contributed by atoms with Gasteiger partial charge in [0.15, 0.2) is 5.58 Å². The van der Waals surface area contributed by atoms with Crippen LogP contribution in [0.4, 0.5) is 0 Å². The van der Waals surface area contributed by atoms with Gasteiger partial charge in [-0.2, -0.15) is 0 Å². The molecule has 6 rings (SSSR count). The second-order valence-corrected chi connectivity index (χ2v) is 7.49. The molecule has 0 aliphatic rings. The van der Waals surface area contributed by atoms with E-state index < -0.39 is 0 Å². The molecule has 0 atom stereocenters. The zero-order chi connectivity index (χ0) is 18.0. The van der Waals surface area contributed by atoms with Crippen molar-refractivity contribution < 1.29 is 8.83 Å². The first-order valence-corrected chi connectivity index (χ1v) is 9.47. The Kier molecular flexibility index (Phi) is 3.02. The number of hydrogen-bond acceptors (Lipinski definition) is 3. The van der Waals surface area contributed by atoms with Crippen molar-refractivity contribution in [3.63, 3.8) is 0 Å².